The minimum absolute atomic E-state index is 0.165. The molecule has 2 aromatic heterocycles. The molecule has 0 N–H and O–H groups in total. The zero-order chi connectivity index (χ0) is 18.3. The van der Waals surface area contributed by atoms with Crippen LogP contribution < -0.4 is 4.90 Å². The fourth-order valence-electron chi connectivity index (χ4n) is 4.22. The number of pyridine rings is 1. The maximum atomic E-state index is 13.0. The summed E-state index contributed by atoms with van der Waals surface area (Å²) in [5, 5.41) is 4.60. The molecule has 6 nitrogen and oxygen atoms in total. The van der Waals surface area contributed by atoms with Crippen LogP contribution in [0.2, 0.25) is 5.02 Å². The highest BCUT2D eigenvalue weighted by Crippen LogP contribution is 2.34. The SMILES string of the molecule is Cc1noc(C)c1CC(=O)N1CCC2CCN(c3ccc(Cl)cn3)CC21. The van der Waals surface area contributed by atoms with E-state index in [0.29, 0.717) is 17.4 Å². The molecule has 2 fully saturated rings. The van der Waals surface area contributed by atoms with Gasteiger partial charge in [-0.2, -0.15) is 0 Å². The Morgan fingerprint density at radius 3 is 2.81 bits per heavy atom. The highest BCUT2D eigenvalue weighted by Gasteiger charge is 2.41. The summed E-state index contributed by atoms with van der Waals surface area (Å²) in [7, 11) is 0. The normalized spacial score (nSPS) is 22.6. The van der Waals surface area contributed by atoms with Gasteiger partial charge >= 0.3 is 0 Å². The van der Waals surface area contributed by atoms with Gasteiger partial charge in [0.25, 0.3) is 0 Å². The summed E-state index contributed by atoms with van der Waals surface area (Å²) in [6, 6.07) is 4.06. The monoisotopic (exact) mass is 374 g/mol. The van der Waals surface area contributed by atoms with Gasteiger partial charge in [-0.05, 0) is 44.7 Å². The van der Waals surface area contributed by atoms with Crippen LogP contribution in [0.4, 0.5) is 5.82 Å². The van der Waals surface area contributed by atoms with Crippen molar-refractivity contribution in [2.24, 2.45) is 5.92 Å². The van der Waals surface area contributed by atoms with Crippen LogP contribution in [0.5, 0.6) is 0 Å². The number of halogens is 1. The molecule has 0 spiro atoms. The van der Waals surface area contributed by atoms with E-state index in [1.165, 1.54) is 0 Å². The fourth-order valence-corrected chi connectivity index (χ4v) is 4.33. The van der Waals surface area contributed by atoms with Crippen LogP contribution in [0.25, 0.3) is 0 Å². The second-order valence-corrected chi connectivity index (χ2v) is 7.69. The van der Waals surface area contributed by atoms with Crippen molar-refractivity contribution < 1.29 is 9.32 Å². The van der Waals surface area contributed by atoms with Crippen molar-refractivity contribution in [3.05, 3.63) is 40.4 Å². The van der Waals surface area contributed by atoms with Crippen molar-refractivity contribution in [1.82, 2.24) is 15.0 Å². The molecule has 2 aromatic rings. The number of anilines is 1. The highest BCUT2D eigenvalue weighted by molar-refractivity contribution is 6.30. The average molecular weight is 375 g/mol. The summed E-state index contributed by atoms with van der Waals surface area (Å²) in [6.07, 6.45) is 4.21. The van der Waals surface area contributed by atoms with E-state index in [4.69, 9.17) is 16.1 Å². The number of likely N-dealkylation sites (tertiary alicyclic amines) is 1. The maximum Gasteiger partial charge on any atom is 0.227 e. The molecular formula is C19H23ClN4O2. The lowest BCUT2D eigenvalue weighted by atomic mass is 9.92. The molecule has 2 aliphatic rings. The summed E-state index contributed by atoms with van der Waals surface area (Å²) in [4.78, 5) is 21.7. The Labute approximate surface area is 158 Å². The van der Waals surface area contributed by atoms with Crippen molar-refractivity contribution in [2.45, 2.75) is 39.2 Å². The molecular weight excluding hydrogens is 352 g/mol. The van der Waals surface area contributed by atoms with Gasteiger partial charge in [0.2, 0.25) is 5.91 Å². The topological polar surface area (TPSA) is 62.5 Å². The second-order valence-electron chi connectivity index (χ2n) is 7.25. The van der Waals surface area contributed by atoms with Crippen LogP contribution in [-0.4, -0.2) is 46.6 Å². The Bertz CT molecular complexity index is 785. The van der Waals surface area contributed by atoms with Gasteiger partial charge in [-0.3, -0.25) is 4.79 Å². The van der Waals surface area contributed by atoms with Crippen molar-refractivity contribution in [1.29, 1.82) is 0 Å². The number of nitrogens with zero attached hydrogens (tertiary/aromatic N) is 4. The Hall–Kier alpha value is -2.08. The number of hydrogen-bond acceptors (Lipinski definition) is 5. The van der Waals surface area contributed by atoms with Crippen molar-refractivity contribution >= 4 is 23.3 Å². The van der Waals surface area contributed by atoms with E-state index in [0.717, 1.165) is 55.3 Å². The zero-order valence-electron chi connectivity index (χ0n) is 15.1. The van der Waals surface area contributed by atoms with Gasteiger partial charge in [0.15, 0.2) is 0 Å². The van der Waals surface area contributed by atoms with Gasteiger partial charge in [0.05, 0.1) is 23.2 Å². The molecule has 138 valence electrons. The first-order valence-electron chi connectivity index (χ1n) is 9.10. The van der Waals surface area contributed by atoms with Gasteiger partial charge in [0.1, 0.15) is 11.6 Å². The highest BCUT2D eigenvalue weighted by atomic mass is 35.5. The summed E-state index contributed by atoms with van der Waals surface area (Å²) in [5.41, 5.74) is 1.73. The summed E-state index contributed by atoms with van der Waals surface area (Å²) in [5.74, 6) is 2.41. The third-order valence-electron chi connectivity index (χ3n) is 5.73. The standard InChI is InChI=1S/C19H23ClN4O2/c1-12-16(13(2)26-22-12)9-19(25)24-8-6-14-5-7-23(11-17(14)24)18-4-3-15(20)10-21-18/h3-4,10,14,17H,5-9,11H2,1-2H3. The minimum atomic E-state index is 0.165. The van der Waals surface area contributed by atoms with Crippen molar-refractivity contribution in [3.63, 3.8) is 0 Å². The van der Waals surface area contributed by atoms with E-state index < -0.39 is 0 Å². The lowest BCUT2D eigenvalue weighted by molar-refractivity contribution is -0.131. The van der Waals surface area contributed by atoms with Crippen LogP contribution >= 0.6 is 11.6 Å². The number of rotatable bonds is 3. The van der Waals surface area contributed by atoms with E-state index in [-0.39, 0.29) is 11.9 Å². The number of hydrogen-bond donors (Lipinski definition) is 0. The predicted molar refractivity (Wildman–Crippen MR) is 99.4 cm³/mol. The second kappa shape index (κ2) is 6.91. The molecule has 7 heteroatoms. The first-order valence-corrected chi connectivity index (χ1v) is 9.48. The summed E-state index contributed by atoms with van der Waals surface area (Å²) >= 11 is 5.95. The lowest BCUT2D eigenvalue weighted by Crippen LogP contribution is -2.50. The molecule has 0 aliphatic carbocycles. The first kappa shape index (κ1) is 17.3. The molecule has 2 atom stereocenters. The molecule has 4 heterocycles. The Kier molecular flexibility index (Phi) is 4.61. The summed E-state index contributed by atoms with van der Waals surface area (Å²) < 4.78 is 5.20. The van der Waals surface area contributed by atoms with E-state index in [2.05, 4.69) is 19.9 Å². The molecule has 2 aliphatic heterocycles. The largest absolute Gasteiger partial charge is 0.361 e. The molecule has 0 bridgehead atoms. The molecule has 26 heavy (non-hydrogen) atoms. The minimum Gasteiger partial charge on any atom is -0.361 e. The molecule has 2 unspecified atom stereocenters. The number of amides is 1. The Morgan fingerprint density at radius 1 is 1.31 bits per heavy atom. The van der Waals surface area contributed by atoms with E-state index in [9.17, 15) is 4.79 Å². The number of piperidine rings is 1. The lowest BCUT2D eigenvalue weighted by Gasteiger charge is -2.39. The van der Waals surface area contributed by atoms with Crippen LogP contribution in [-0.2, 0) is 11.2 Å². The molecule has 0 aromatic carbocycles. The summed E-state index contributed by atoms with van der Waals surface area (Å²) in [6.45, 7) is 6.39. The van der Waals surface area contributed by atoms with Gasteiger partial charge in [-0.25, -0.2) is 4.98 Å². The fraction of sp³-hybridized carbons (Fsp3) is 0.526. The number of carbonyl (C=O) groups is 1. The third kappa shape index (κ3) is 3.18. The smallest absolute Gasteiger partial charge is 0.227 e. The van der Waals surface area contributed by atoms with Crippen molar-refractivity contribution in [2.75, 3.05) is 24.5 Å². The number of fused-ring (bicyclic) bond motifs is 1. The first-order chi connectivity index (χ1) is 12.5. The number of aromatic nitrogens is 2. The molecule has 0 saturated carbocycles. The van der Waals surface area contributed by atoms with Crippen molar-refractivity contribution in [3.8, 4) is 0 Å². The molecule has 4 rings (SSSR count). The number of aryl methyl sites for hydroxylation is 2. The van der Waals surface area contributed by atoms with Gasteiger partial charge < -0.3 is 14.3 Å². The van der Waals surface area contributed by atoms with E-state index >= 15 is 0 Å². The van der Waals surface area contributed by atoms with E-state index in [1.807, 2.05) is 26.0 Å². The van der Waals surface area contributed by atoms with Gasteiger partial charge in [-0.1, -0.05) is 16.8 Å². The predicted octanol–water partition coefficient (Wildman–Crippen LogP) is 3.01. The van der Waals surface area contributed by atoms with Crippen LogP contribution in [0, 0.1) is 19.8 Å². The van der Waals surface area contributed by atoms with Crippen LogP contribution in [0.15, 0.2) is 22.9 Å². The van der Waals surface area contributed by atoms with E-state index in [1.54, 1.807) is 6.20 Å². The maximum absolute atomic E-state index is 13.0. The zero-order valence-corrected chi connectivity index (χ0v) is 15.9. The molecule has 1 amide bonds. The Morgan fingerprint density at radius 2 is 2.12 bits per heavy atom. The van der Waals surface area contributed by atoms with Crippen LogP contribution in [0.3, 0.4) is 0 Å². The average Bonchev–Trinajstić information content (AvgIpc) is 3.20. The van der Waals surface area contributed by atoms with Gasteiger partial charge in [-0.15, -0.1) is 0 Å². The van der Waals surface area contributed by atoms with Gasteiger partial charge in [0, 0.05) is 31.4 Å². The Balaban J connectivity index is 1.48. The molecule has 0 radical (unpaired) electrons. The molecule has 2 saturated heterocycles. The third-order valence-corrected chi connectivity index (χ3v) is 5.95. The number of carbonyl (C=O) groups excluding carboxylic acids is 1. The van der Waals surface area contributed by atoms with Crippen LogP contribution in [0.1, 0.15) is 29.9 Å². The quantitative estimate of drug-likeness (QED) is 0.826.